The number of rotatable bonds is 3. The molecule has 0 saturated heterocycles. The van der Waals surface area contributed by atoms with E-state index >= 15 is 0 Å². The van der Waals surface area contributed by atoms with Crippen molar-refractivity contribution >= 4 is 11.6 Å². The number of hydrogen-bond acceptors (Lipinski definition) is 1. The van der Waals surface area contributed by atoms with E-state index in [0.29, 0.717) is 0 Å². The molecule has 0 fully saturated rings. The highest BCUT2D eigenvalue weighted by Crippen LogP contribution is 2.09. The maximum Gasteiger partial charge on any atom is 0.106 e. The minimum Gasteiger partial charge on any atom is -0.332 e. The predicted octanol–water partition coefficient (Wildman–Crippen LogP) is 2.44. The first-order valence-electron chi connectivity index (χ1n) is 4.23. The summed E-state index contributed by atoms with van der Waals surface area (Å²) >= 11 is 5.63. The molecule has 1 aromatic rings. The monoisotopic (exact) mass is 186 g/mol. The molecule has 0 saturated carbocycles. The predicted molar refractivity (Wildman–Crippen MR) is 51.8 cm³/mol. The van der Waals surface area contributed by atoms with E-state index in [1.54, 1.807) is 0 Å². The number of alkyl halides is 1. The average molecular weight is 187 g/mol. The summed E-state index contributed by atoms with van der Waals surface area (Å²) in [5.74, 6) is 1.81. The van der Waals surface area contributed by atoms with Crippen molar-refractivity contribution in [3.63, 3.8) is 0 Å². The van der Waals surface area contributed by atoms with Crippen molar-refractivity contribution in [3.8, 4) is 0 Å². The van der Waals surface area contributed by atoms with Crippen molar-refractivity contribution in [2.24, 2.45) is 0 Å². The lowest BCUT2D eigenvalue weighted by molar-refractivity contribution is 0.644. The number of aryl methyl sites for hydroxylation is 2. The van der Waals surface area contributed by atoms with Gasteiger partial charge in [0.15, 0.2) is 0 Å². The van der Waals surface area contributed by atoms with Gasteiger partial charge in [-0.1, -0.05) is 0 Å². The molecule has 0 aliphatic carbocycles. The number of aromatic nitrogens is 2. The van der Waals surface area contributed by atoms with Crippen LogP contribution in [0.5, 0.6) is 0 Å². The quantitative estimate of drug-likeness (QED) is 0.664. The van der Waals surface area contributed by atoms with Crippen LogP contribution < -0.4 is 0 Å². The topological polar surface area (TPSA) is 17.8 Å². The Bertz CT molecular complexity index is 266. The van der Waals surface area contributed by atoms with E-state index in [2.05, 4.69) is 16.5 Å². The van der Waals surface area contributed by atoms with Crippen LogP contribution in [0, 0.1) is 20.8 Å². The van der Waals surface area contributed by atoms with E-state index in [4.69, 9.17) is 11.6 Å². The van der Waals surface area contributed by atoms with Crippen molar-refractivity contribution in [1.82, 2.24) is 9.55 Å². The van der Waals surface area contributed by atoms with Gasteiger partial charge in [0.05, 0.1) is 5.69 Å². The Morgan fingerprint density at radius 2 is 2.00 bits per heavy atom. The van der Waals surface area contributed by atoms with E-state index in [9.17, 15) is 0 Å². The van der Waals surface area contributed by atoms with Gasteiger partial charge in [-0.05, 0) is 27.2 Å². The second-order valence-electron chi connectivity index (χ2n) is 3.02. The summed E-state index contributed by atoms with van der Waals surface area (Å²) in [6.07, 6.45) is 1.01. The zero-order chi connectivity index (χ0) is 9.14. The van der Waals surface area contributed by atoms with E-state index in [1.165, 1.54) is 5.69 Å². The van der Waals surface area contributed by atoms with Crippen LogP contribution in [0.15, 0.2) is 0 Å². The summed E-state index contributed by atoms with van der Waals surface area (Å²) in [6.45, 7) is 7.17. The molecule has 12 heavy (non-hydrogen) atoms. The van der Waals surface area contributed by atoms with Gasteiger partial charge < -0.3 is 4.57 Å². The molecular formula is C9H15ClN2. The first-order valence-corrected chi connectivity index (χ1v) is 4.76. The van der Waals surface area contributed by atoms with Crippen molar-refractivity contribution in [1.29, 1.82) is 0 Å². The molecule has 1 aromatic heterocycles. The van der Waals surface area contributed by atoms with Gasteiger partial charge in [0.1, 0.15) is 5.82 Å². The molecule has 0 spiro atoms. The number of halogens is 1. The lowest BCUT2D eigenvalue weighted by Gasteiger charge is -2.05. The zero-order valence-electron chi connectivity index (χ0n) is 7.89. The summed E-state index contributed by atoms with van der Waals surface area (Å²) in [5, 5.41) is 0. The van der Waals surface area contributed by atoms with Crippen LogP contribution in [0.2, 0.25) is 0 Å². The molecule has 1 rings (SSSR count). The average Bonchev–Trinajstić information content (AvgIpc) is 2.25. The van der Waals surface area contributed by atoms with Crippen molar-refractivity contribution in [2.75, 3.05) is 5.88 Å². The fourth-order valence-corrected chi connectivity index (χ4v) is 1.49. The van der Waals surface area contributed by atoms with Gasteiger partial charge in [0, 0.05) is 18.1 Å². The Kier molecular flexibility index (Phi) is 3.15. The third-order valence-corrected chi connectivity index (χ3v) is 2.43. The van der Waals surface area contributed by atoms with E-state index < -0.39 is 0 Å². The first-order chi connectivity index (χ1) is 5.66. The van der Waals surface area contributed by atoms with Gasteiger partial charge in [-0.15, -0.1) is 11.6 Å². The third kappa shape index (κ3) is 1.81. The van der Waals surface area contributed by atoms with E-state index in [-0.39, 0.29) is 0 Å². The number of hydrogen-bond donors (Lipinski definition) is 0. The fraction of sp³-hybridized carbons (Fsp3) is 0.667. The maximum atomic E-state index is 5.63. The molecule has 0 atom stereocenters. The minimum atomic E-state index is 0.718. The molecule has 0 aliphatic rings. The summed E-state index contributed by atoms with van der Waals surface area (Å²) in [6, 6.07) is 0. The van der Waals surface area contributed by atoms with Crippen LogP contribution in [-0.4, -0.2) is 15.4 Å². The number of imidazole rings is 1. The molecule has 0 bridgehead atoms. The smallest absolute Gasteiger partial charge is 0.106 e. The molecule has 0 aliphatic heterocycles. The molecule has 68 valence electrons. The molecule has 2 nitrogen and oxygen atoms in total. The third-order valence-electron chi connectivity index (χ3n) is 2.16. The first kappa shape index (κ1) is 9.59. The highest BCUT2D eigenvalue weighted by Gasteiger charge is 2.05. The van der Waals surface area contributed by atoms with E-state index in [0.717, 1.165) is 30.4 Å². The second kappa shape index (κ2) is 3.94. The fourth-order valence-electron chi connectivity index (χ4n) is 1.37. The van der Waals surface area contributed by atoms with Gasteiger partial charge in [0.2, 0.25) is 0 Å². The summed E-state index contributed by atoms with van der Waals surface area (Å²) in [4.78, 5) is 4.38. The minimum absolute atomic E-state index is 0.718. The Hall–Kier alpha value is -0.500. The largest absolute Gasteiger partial charge is 0.332 e. The normalized spacial score (nSPS) is 10.7. The van der Waals surface area contributed by atoms with Gasteiger partial charge in [-0.25, -0.2) is 4.98 Å². The molecular weight excluding hydrogens is 172 g/mol. The van der Waals surface area contributed by atoms with Crippen LogP contribution in [0.4, 0.5) is 0 Å². The summed E-state index contributed by atoms with van der Waals surface area (Å²) in [5.41, 5.74) is 2.39. The lowest BCUT2D eigenvalue weighted by Crippen LogP contribution is -2.03. The van der Waals surface area contributed by atoms with Gasteiger partial charge in [-0.3, -0.25) is 0 Å². The Labute approximate surface area is 78.6 Å². The van der Waals surface area contributed by atoms with Crippen molar-refractivity contribution in [2.45, 2.75) is 33.7 Å². The van der Waals surface area contributed by atoms with Crippen molar-refractivity contribution in [3.05, 3.63) is 17.2 Å². The summed E-state index contributed by atoms with van der Waals surface area (Å²) in [7, 11) is 0. The second-order valence-corrected chi connectivity index (χ2v) is 3.40. The lowest BCUT2D eigenvalue weighted by atomic mass is 10.3. The number of nitrogens with zero attached hydrogens (tertiary/aromatic N) is 2. The van der Waals surface area contributed by atoms with Crippen LogP contribution in [0.3, 0.4) is 0 Å². The highest BCUT2D eigenvalue weighted by molar-refractivity contribution is 6.17. The van der Waals surface area contributed by atoms with Crippen LogP contribution in [0.25, 0.3) is 0 Å². The molecule has 0 N–H and O–H groups in total. The zero-order valence-corrected chi connectivity index (χ0v) is 8.65. The molecule has 0 unspecified atom stereocenters. The molecule has 0 radical (unpaired) electrons. The summed E-state index contributed by atoms with van der Waals surface area (Å²) < 4.78 is 2.22. The Morgan fingerprint density at radius 3 is 2.42 bits per heavy atom. The Balaban J connectivity index is 2.82. The van der Waals surface area contributed by atoms with Gasteiger partial charge >= 0.3 is 0 Å². The highest BCUT2D eigenvalue weighted by atomic mass is 35.5. The van der Waals surface area contributed by atoms with Gasteiger partial charge in [-0.2, -0.15) is 0 Å². The molecule has 3 heteroatoms. The molecule has 0 amide bonds. The standard InChI is InChI=1S/C9H15ClN2/c1-7-8(2)12(6-4-5-10)9(3)11-7/h4-6H2,1-3H3. The van der Waals surface area contributed by atoms with Crippen LogP contribution >= 0.6 is 11.6 Å². The van der Waals surface area contributed by atoms with Gasteiger partial charge in [0.25, 0.3) is 0 Å². The van der Waals surface area contributed by atoms with Crippen LogP contribution in [0.1, 0.15) is 23.6 Å². The maximum absolute atomic E-state index is 5.63. The molecule has 0 aromatic carbocycles. The molecule has 1 heterocycles. The SMILES string of the molecule is Cc1nc(C)n(CCCCl)c1C. The van der Waals surface area contributed by atoms with E-state index in [1.807, 2.05) is 13.8 Å². The van der Waals surface area contributed by atoms with Crippen LogP contribution in [-0.2, 0) is 6.54 Å². The van der Waals surface area contributed by atoms with Crippen molar-refractivity contribution < 1.29 is 0 Å². The Morgan fingerprint density at radius 1 is 1.33 bits per heavy atom.